The molecular formula is C5H5BrN2O. The van der Waals surface area contributed by atoms with Crippen molar-refractivity contribution in [2.24, 2.45) is 5.73 Å². The van der Waals surface area contributed by atoms with E-state index in [-0.39, 0.29) is 0 Å². The quantitative estimate of drug-likeness (QED) is 0.676. The van der Waals surface area contributed by atoms with Crippen molar-refractivity contribution in [3.05, 3.63) is 22.4 Å². The summed E-state index contributed by atoms with van der Waals surface area (Å²) in [4.78, 5) is 13.2. The summed E-state index contributed by atoms with van der Waals surface area (Å²) >= 11 is 3.13. The average Bonchev–Trinajstić information content (AvgIpc) is 2.13. The molecule has 0 saturated carbocycles. The van der Waals surface area contributed by atoms with Gasteiger partial charge in [0.2, 0.25) is 0 Å². The van der Waals surface area contributed by atoms with E-state index in [2.05, 4.69) is 20.9 Å². The highest BCUT2D eigenvalue weighted by Gasteiger charge is 2.04. The maximum atomic E-state index is 10.5. The van der Waals surface area contributed by atoms with Crippen LogP contribution in [0.4, 0.5) is 0 Å². The van der Waals surface area contributed by atoms with Gasteiger partial charge in [-0.25, -0.2) is 0 Å². The van der Waals surface area contributed by atoms with Gasteiger partial charge in [-0.3, -0.25) is 4.79 Å². The van der Waals surface area contributed by atoms with E-state index in [1.807, 2.05) is 0 Å². The van der Waals surface area contributed by atoms with Crippen molar-refractivity contribution in [1.29, 1.82) is 0 Å². The number of nitrogens with two attached hydrogens (primary N) is 1. The summed E-state index contributed by atoms with van der Waals surface area (Å²) in [5.74, 6) is -0.428. The minimum Gasteiger partial charge on any atom is -0.366 e. The van der Waals surface area contributed by atoms with E-state index in [0.29, 0.717) is 10.0 Å². The molecule has 0 atom stereocenters. The number of carbonyl (C=O) groups excluding carboxylic acids is 1. The van der Waals surface area contributed by atoms with Gasteiger partial charge in [-0.15, -0.1) is 0 Å². The molecule has 1 aromatic rings. The highest BCUT2D eigenvalue weighted by Crippen LogP contribution is 2.13. The molecule has 0 saturated heterocycles. The molecule has 0 aliphatic rings. The largest absolute Gasteiger partial charge is 0.366 e. The van der Waals surface area contributed by atoms with Crippen molar-refractivity contribution in [3.63, 3.8) is 0 Å². The van der Waals surface area contributed by atoms with Crippen molar-refractivity contribution in [2.45, 2.75) is 0 Å². The van der Waals surface area contributed by atoms with Crippen LogP contribution < -0.4 is 5.73 Å². The maximum Gasteiger partial charge on any atom is 0.251 e. The van der Waals surface area contributed by atoms with Crippen molar-refractivity contribution in [3.8, 4) is 0 Å². The third-order valence-corrected chi connectivity index (χ3v) is 1.62. The second-order valence-electron chi connectivity index (χ2n) is 1.58. The van der Waals surface area contributed by atoms with Gasteiger partial charge in [0, 0.05) is 16.9 Å². The molecule has 0 aromatic carbocycles. The number of aromatic nitrogens is 1. The zero-order chi connectivity index (χ0) is 6.85. The second kappa shape index (κ2) is 2.23. The van der Waals surface area contributed by atoms with Gasteiger partial charge < -0.3 is 10.7 Å². The van der Waals surface area contributed by atoms with Gasteiger partial charge >= 0.3 is 0 Å². The third-order valence-electron chi connectivity index (χ3n) is 0.960. The molecule has 1 aromatic heterocycles. The normalized spacial score (nSPS) is 9.44. The SMILES string of the molecule is NC(=O)c1c[nH]cc1Br. The lowest BCUT2D eigenvalue weighted by molar-refractivity contribution is 0.1000. The minimum atomic E-state index is -0.428. The molecule has 9 heavy (non-hydrogen) atoms. The Morgan fingerprint density at radius 3 is 2.56 bits per heavy atom. The fourth-order valence-electron chi connectivity index (χ4n) is 0.534. The zero-order valence-electron chi connectivity index (χ0n) is 4.52. The summed E-state index contributed by atoms with van der Waals surface area (Å²) in [6.07, 6.45) is 3.20. The first-order valence-corrected chi connectivity index (χ1v) is 3.13. The van der Waals surface area contributed by atoms with Gasteiger partial charge in [0.05, 0.1) is 5.56 Å². The lowest BCUT2D eigenvalue weighted by Gasteiger charge is -1.85. The van der Waals surface area contributed by atoms with Crippen molar-refractivity contribution < 1.29 is 4.79 Å². The van der Waals surface area contributed by atoms with Crippen LogP contribution in [0, 0.1) is 0 Å². The smallest absolute Gasteiger partial charge is 0.251 e. The van der Waals surface area contributed by atoms with Crippen LogP contribution in [0.5, 0.6) is 0 Å². The monoisotopic (exact) mass is 188 g/mol. The number of aromatic amines is 1. The number of nitrogens with one attached hydrogen (secondary N) is 1. The number of rotatable bonds is 1. The maximum absolute atomic E-state index is 10.5. The molecule has 0 bridgehead atoms. The van der Waals surface area contributed by atoms with Crippen LogP contribution in [0.15, 0.2) is 16.9 Å². The van der Waals surface area contributed by atoms with Gasteiger partial charge in [0.15, 0.2) is 0 Å². The van der Waals surface area contributed by atoms with Gasteiger partial charge in [0.1, 0.15) is 0 Å². The molecule has 1 amide bonds. The minimum absolute atomic E-state index is 0.428. The Morgan fingerprint density at radius 1 is 1.67 bits per heavy atom. The lowest BCUT2D eigenvalue weighted by atomic mass is 10.3. The van der Waals surface area contributed by atoms with Crippen LogP contribution in [0.25, 0.3) is 0 Å². The van der Waals surface area contributed by atoms with Crippen LogP contribution in [0.3, 0.4) is 0 Å². The predicted octanol–water partition coefficient (Wildman–Crippen LogP) is 0.876. The molecule has 0 radical (unpaired) electrons. The molecule has 0 aliphatic heterocycles. The van der Waals surface area contributed by atoms with E-state index in [0.717, 1.165) is 0 Å². The van der Waals surface area contributed by atoms with E-state index in [4.69, 9.17) is 5.73 Å². The second-order valence-corrected chi connectivity index (χ2v) is 2.44. The summed E-state index contributed by atoms with van der Waals surface area (Å²) in [6, 6.07) is 0. The van der Waals surface area contributed by atoms with Gasteiger partial charge in [-0.2, -0.15) is 0 Å². The Balaban J connectivity index is 3.08. The van der Waals surface area contributed by atoms with Gasteiger partial charge in [-0.1, -0.05) is 0 Å². The fourth-order valence-corrected chi connectivity index (χ4v) is 0.976. The Hall–Kier alpha value is -0.770. The fraction of sp³-hybridized carbons (Fsp3) is 0. The molecule has 0 spiro atoms. The summed E-state index contributed by atoms with van der Waals surface area (Å²) < 4.78 is 0.704. The van der Waals surface area contributed by atoms with Crippen LogP contribution >= 0.6 is 15.9 Å². The molecule has 0 fully saturated rings. The van der Waals surface area contributed by atoms with Crippen LogP contribution in [0.2, 0.25) is 0 Å². The molecule has 1 heterocycles. The van der Waals surface area contributed by atoms with Gasteiger partial charge in [-0.05, 0) is 15.9 Å². The first kappa shape index (κ1) is 6.35. The molecule has 3 nitrogen and oxygen atoms in total. The number of H-pyrrole nitrogens is 1. The summed E-state index contributed by atoms with van der Waals surface area (Å²) in [5, 5.41) is 0. The molecule has 0 unspecified atom stereocenters. The molecular weight excluding hydrogens is 184 g/mol. The summed E-state index contributed by atoms with van der Waals surface area (Å²) in [6.45, 7) is 0. The Morgan fingerprint density at radius 2 is 2.33 bits per heavy atom. The van der Waals surface area contributed by atoms with Crippen molar-refractivity contribution in [2.75, 3.05) is 0 Å². The first-order valence-electron chi connectivity index (χ1n) is 2.34. The standard InChI is InChI=1S/C5H5BrN2O/c6-4-2-8-1-3(4)5(7)9/h1-2,8H,(H2,7,9). The molecule has 48 valence electrons. The molecule has 1 rings (SSSR count). The number of carbonyl (C=O) groups is 1. The van der Waals surface area contributed by atoms with E-state index in [9.17, 15) is 4.79 Å². The molecule has 0 aliphatic carbocycles. The highest BCUT2D eigenvalue weighted by atomic mass is 79.9. The van der Waals surface area contributed by atoms with Gasteiger partial charge in [0.25, 0.3) is 5.91 Å². The number of halogens is 1. The average molecular weight is 189 g/mol. The number of amides is 1. The van der Waals surface area contributed by atoms with Crippen molar-refractivity contribution in [1.82, 2.24) is 4.98 Å². The topological polar surface area (TPSA) is 58.9 Å². The molecule has 3 N–H and O–H groups in total. The number of hydrogen-bond donors (Lipinski definition) is 2. The molecule has 4 heteroatoms. The van der Waals surface area contributed by atoms with E-state index >= 15 is 0 Å². The van der Waals surface area contributed by atoms with E-state index in [1.54, 1.807) is 12.4 Å². The van der Waals surface area contributed by atoms with E-state index < -0.39 is 5.91 Å². The van der Waals surface area contributed by atoms with Crippen LogP contribution in [0.1, 0.15) is 10.4 Å². The lowest BCUT2D eigenvalue weighted by Crippen LogP contribution is -2.09. The van der Waals surface area contributed by atoms with E-state index in [1.165, 1.54) is 0 Å². The summed E-state index contributed by atoms with van der Waals surface area (Å²) in [5.41, 5.74) is 5.45. The number of hydrogen-bond acceptors (Lipinski definition) is 1. The third kappa shape index (κ3) is 1.13. The van der Waals surface area contributed by atoms with Crippen LogP contribution in [-0.4, -0.2) is 10.9 Å². The highest BCUT2D eigenvalue weighted by molar-refractivity contribution is 9.10. The first-order chi connectivity index (χ1) is 4.22. The Bertz CT molecular complexity index is 231. The zero-order valence-corrected chi connectivity index (χ0v) is 6.10. The Kier molecular flexibility index (Phi) is 1.57. The number of primary amides is 1. The summed E-state index contributed by atoms with van der Waals surface area (Å²) in [7, 11) is 0. The predicted molar refractivity (Wildman–Crippen MR) is 37.0 cm³/mol. The van der Waals surface area contributed by atoms with Crippen molar-refractivity contribution >= 4 is 21.8 Å². The van der Waals surface area contributed by atoms with Crippen LogP contribution in [-0.2, 0) is 0 Å². The Labute approximate surface area is 60.4 Å².